The van der Waals surface area contributed by atoms with E-state index in [9.17, 15) is 4.79 Å². The molecule has 2 rings (SSSR count). The van der Waals surface area contributed by atoms with Crippen molar-refractivity contribution in [3.05, 3.63) is 0 Å². The monoisotopic (exact) mass is 213 g/mol. The molecule has 0 spiro atoms. The smallest absolute Gasteiger partial charge is 0.321 e. The van der Waals surface area contributed by atoms with Gasteiger partial charge in [0.2, 0.25) is 0 Å². The van der Waals surface area contributed by atoms with Gasteiger partial charge in [-0.15, -0.1) is 0 Å². The maximum atomic E-state index is 10.6. The van der Waals surface area contributed by atoms with E-state index in [1.165, 1.54) is 19.4 Å². The van der Waals surface area contributed by atoms with E-state index < -0.39 is 12.0 Å². The van der Waals surface area contributed by atoms with Gasteiger partial charge >= 0.3 is 5.97 Å². The van der Waals surface area contributed by atoms with Crippen molar-refractivity contribution in [3.8, 4) is 0 Å². The minimum Gasteiger partial charge on any atom is -0.480 e. The average Bonchev–Trinajstić information content (AvgIpc) is 2.64. The van der Waals surface area contributed by atoms with Crippen LogP contribution in [-0.4, -0.2) is 65.7 Å². The Hall–Kier alpha value is -0.650. The van der Waals surface area contributed by atoms with Crippen molar-refractivity contribution in [3.63, 3.8) is 0 Å². The number of carboxylic acid groups (broad SMARTS) is 1. The van der Waals surface area contributed by atoms with Gasteiger partial charge in [0.1, 0.15) is 6.04 Å². The fourth-order valence-corrected chi connectivity index (χ4v) is 2.58. The molecule has 0 aromatic rings. The van der Waals surface area contributed by atoms with Gasteiger partial charge in [0.15, 0.2) is 0 Å². The Morgan fingerprint density at radius 3 is 3.00 bits per heavy atom. The molecule has 0 bridgehead atoms. The van der Waals surface area contributed by atoms with Crippen LogP contribution in [0.2, 0.25) is 0 Å². The molecule has 0 amide bonds. The highest BCUT2D eigenvalue weighted by atomic mass is 16.4. The summed E-state index contributed by atoms with van der Waals surface area (Å²) in [6, 6.07) is -0.0994. The number of piperazine rings is 1. The first-order chi connectivity index (χ1) is 7.16. The van der Waals surface area contributed by atoms with Crippen molar-refractivity contribution in [2.75, 3.05) is 32.7 Å². The van der Waals surface area contributed by atoms with Crippen LogP contribution in [0.4, 0.5) is 0 Å². The van der Waals surface area contributed by atoms with Crippen molar-refractivity contribution in [2.45, 2.75) is 24.9 Å². The number of rotatable bonds is 3. The lowest BCUT2D eigenvalue weighted by molar-refractivity contribution is -0.139. The Morgan fingerprint density at radius 1 is 1.47 bits per heavy atom. The molecule has 2 aliphatic heterocycles. The van der Waals surface area contributed by atoms with Crippen LogP contribution >= 0.6 is 0 Å². The molecule has 0 aromatic heterocycles. The Balaban J connectivity index is 1.82. The molecule has 0 saturated carbocycles. The molecule has 5 heteroatoms. The summed E-state index contributed by atoms with van der Waals surface area (Å²) in [5.74, 6) is -0.899. The predicted molar refractivity (Wildman–Crippen MR) is 56.6 cm³/mol. The third-order valence-electron chi connectivity index (χ3n) is 3.44. The normalized spacial score (nSPS) is 30.1. The van der Waals surface area contributed by atoms with Crippen LogP contribution in [0, 0.1) is 0 Å². The lowest BCUT2D eigenvalue weighted by Gasteiger charge is -2.37. The van der Waals surface area contributed by atoms with Gasteiger partial charge < -0.3 is 10.8 Å². The van der Waals surface area contributed by atoms with Crippen LogP contribution in [0.3, 0.4) is 0 Å². The van der Waals surface area contributed by atoms with E-state index in [1.54, 1.807) is 0 Å². The lowest BCUT2D eigenvalue weighted by atomic mass is 10.1. The Morgan fingerprint density at radius 2 is 2.27 bits per heavy atom. The van der Waals surface area contributed by atoms with Crippen molar-refractivity contribution in [2.24, 2.45) is 5.73 Å². The largest absolute Gasteiger partial charge is 0.480 e. The molecular weight excluding hydrogens is 194 g/mol. The Labute approximate surface area is 89.8 Å². The third kappa shape index (κ3) is 2.48. The molecule has 2 atom stereocenters. The summed E-state index contributed by atoms with van der Waals surface area (Å²) in [5, 5.41) is 8.74. The van der Waals surface area contributed by atoms with E-state index in [1.807, 2.05) is 0 Å². The van der Waals surface area contributed by atoms with Gasteiger partial charge in [-0.2, -0.15) is 0 Å². The fourth-order valence-electron chi connectivity index (χ4n) is 2.58. The van der Waals surface area contributed by atoms with Gasteiger partial charge in [-0.05, 0) is 19.4 Å². The molecule has 2 heterocycles. The predicted octanol–water partition coefficient (Wildman–Crippen LogP) is -0.822. The van der Waals surface area contributed by atoms with E-state index in [0.29, 0.717) is 12.6 Å². The standard InChI is InChI=1S/C10H19N3O2/c11-9(10(14)15)7-12-4-5-13-3-1-2-8(13)6-12/h8-9H,1-7,11H2,(H,14,15). The van der Waals surface area contributed by atoms with Crippen LogP contribution in [0.1, 0.15) is 12.8 Å². The Kier molecular flexibility index (Phi) is 3.23. The van der Waals surface area contributed by atoms with Crippen molar-refractivity contribution in [1.82, 2.24) is 9.80 Å². The van der Waals surface area contributed by atoms with Gasteiger partial charge in [-0.3, -0.25) is 14.6 Å². The number of fused-ring (bicyclic) bond motifs is 1. The summed E-state index contributed by atoms with van der Waals surface area (Å²) < 4.78 is 0. The molecule has 0 aliphatic carbocycles. The highest BCUT2D eigenvalue weighted by Gasteiger charge is 2.31. The fraction of sp³-hybridized carbons (Fsp3) is 0.900. The topological polar surface area (TPSA) is 69.8 Å². The lowest BCUT2D eigenvalue weighted by Crippen LogP contribution is -2.54. The number of nitrogens with zero attached hydrogens (tertiary/aromatic N) is 2. The molecule has 2 saturated heterocycles. The zero-order valence-corrected chi connectivity index (χ0v) is 8.93. The number of carboxylic acids is 1. The number of hydrogen-bond acceptors (Lipinski definition) is 4. The van der Waals surface area contributed by atoms with E-state index in [4.69, 9.17) is 10.8 Å². The Bertz CT molecular complexity index is 247. The second kappa shape index (κ2) is 4.47. The first-order valence-electron chi connectivity index (χ1n) is 5.61. The SMILES string of the molecule is NC(CN1CCN2CCCC2C1)C(=O)O. The van der Waals surface area contributed by atoms with E-state index in [-0.39, 0.29) is 0 Å². The highest BCUT2D eigenvalue weighted by molar-refractivity contribution is 5.73. The summed E-state index contributed by atoms with van der Waals surface area (Å²) in [4.78, 5) is 15.3. The van der Waals surface area contributed by atoms with E-state index in [0.717, 1.165) is 19.6 Å². The number of hydrogen-bond donors (Lipinski definition) is 2. The zero-order chi connectivity index (χ0) is 10.8. The van der Waals surface area contributed by atoms with Crippen LogP contribution in [0.15, 0.2) is 0 Å². The van der Waals surface area contributed by atoms with Crippen LogP contribution < -0.4 is 5.73 Å². The minimum absolute atomic E-state index is 0.486. The maximum Gasteiger partial charge on any atom is 0.321 e. The summed E-state index contributed by atoms with van der Waals surface area (Å²) in [7, 11) is 0. The van der Waals surface area contributed by atoms with Gasteiger partial charge in [0, 0.05) is 32.2 Å². The summed E-state index contributed by atoms with van der Waals surface area (Å²) in [6.07, 6.45) is 2.53. The third-order valence-corrected chi connectivity index (χ3v) is 3.44. The molecular formula is C10H19N3O2. The van der Waals surface area contributed by atoms with E-state index in [2.05, 4.69) is 9.80 Å². The molecule has 15 heavy (non-hydrogen) atoms. The molecule has 0 aromatic carbocycles. The average molecular weight is 213 g/mol. The van der Waals surface area contributed by atoms with Crippen molar-refractivity contribution < 1.29 is 9.90 Å². The van der Waals surface area contributed by atoms with Crippen LogP contribution in [-0.2, 0) is 4.79 Å². The molecule has 3 N–H and O–H groups in total. The molecule has 5 nitrogen and oxygen atoms in total. The molecule has 2 unspecified atom stereocenters. The maximum absolute atomic E-state index is 10.6. The highest BCUT2D eigenvalue weighted by Crippen LogP contribution is 2.21. The number of carbonyl (C=O) groups is 1. The number of aliphatic carboxylic acids is 1. The molecule has 2 fully saturated rings. The summed E-state index contributed by atoms with van der Waals surface area (Å²) >= 11 is 0. The van der Waals surface area contributed by atoms with Crippen LogP contribution in [0.5, 0.6) is 0 Å². The molecule has 0 radical (unpaired) electrons. The van der Waals surface area contributed by atoms with Gasteiger partial charge in [-0.25, -0.2) is 0 Å². The minimum atomic E-state index is -0.899. The number of nitrogens with two attached hydrogens (primary N) is 1. The first kappa shape index (κ1) is 10.9. The molecule has 2 aliphatic rings. The van der Waals surface area contributed by atoms with Crippen molar-refractivity contribution in [1.29, 1.82) is 0 Å². The quantitative estimate of drug-likeness (QED) is 0.641. The summed E-state index contributed by atoms with van der Waals surface area (Å²) in [5.41, 5.74) is 5.53. The first-order valence-corrected chi connectivity index (χ1v) is 5.61. The molecule has 86 valence electrons. The van der Waals surface area contributed by atoms with Gasteiger partial charge in [-0.1, -0.05) is 0 Å². The van der Waals surface area contributed by atoms with Gasteiger partial charge in [0.05, 0.1) is 0 Å². The zero-order valence-electron chi connectivity index (χ0n) is 8.93. The van der Waals surface area contributed by atoms with Crippen molar-refractivity contribution >= 4 is 5.97 Å². The van der Waals surface area contributed by atoms with Crippen LogP contribution in [0.25, 0.3) is 0 Å². The summed E-state index contributed by atoms with van der Waals surface area (Å²) in [6.45, 7) is 4.71. The van der Waals surface area contributed by atoms with Gasteiger partial charge in [0.25, 0.3) is 0 Å². The second-order valence-corrected chi connectivity index (χ2v) is 4.54. The second-order valence-electron chi connectivity index (χ2n) is 4.54. The van der Waals surface area contributed by atoms with E-state index >= 15 is 0 Å².